The van der Waals surface area contributed by atoms with E-state index in [2.05, 4.69) is 15.6 Å². The predicted molar refractivity (Wildman–Crippen MR) is 149 cm³/mol. The maximum Gasteiger partial charge on any atom is 0.255 e. The Balaban J connectivity index is 1.36. The van der Waals surface area contributed by atoms with Gasteiger partial charge in [-0.1, -0.05) is 77.5 Å². The van der Waals surface area contributed by atoms with Crippen molar-refractivity contribution in [3.8, 4) is 0 Å². The average molecular weight is 530 g/mol. The summed E-state index contributed by atoms with van der Waals surface area (Å²) in [6.45, 7) is 0. The van der Waals surface area contributed by atoms with Gasteiger partial charge in [-0.3, -0.25) is 9.59 Å². The molecule has 0 fully saturated rings. The minimum Gasteiger partial charge on any atom is -0.322 e. The first-order valence-electron chi connectivity index (χ1n) is 11.1. The highest BCUT2D eigenvalue weighted by Gasteiger charge is 2.23. The van der Waals surface area contributed by atoms with Gasteiger partial charge in [-0.25, -0.2) is 4.98 Å². The zero-order chi connectivity index (χ0) is 24.9. The molecule has 0 saturated carbocycles. The minimum atomic E-state index is -0.517. The maximum atomic E-state index is 13.4. The molecule has 0 aliphatic carbocycles. The summed E-state index contributed by atoms with van der Waals surface area (Å²) in [4.78, 5) is 31.5. The van der Waals surface area contributed by atoms with Crippen molar-refractivity contribution in [1.82, 2.24) is 4.98 Å². The van der Waals surface area contributed by atoms with E-state index in [-0.39, 0.29) is 11.8 Å². The zero-order valence-corrected chi connectivity index (χ0v) is 21.2. The van der Waals surface area contributed by atoms with Crippen molar-refractivity contribution in [2.45, 2.75) is 10.1 Å². The highest BCUT2D eigenvalue weighted by atomic mass is 35.5. The molecule has 1 unspecified atom stereocenters. The molecule has 0 bridgehead atoms. The fourth-order valence-corrected chi connectivity index (χ4v) is 5.76. The Kier molecular flexibility index (Phi) is 7.32. The van der Waals surface area contributed by atoms with E-state index >= 15 is 0 Å². The monoisotopic (exact) mass is 529 g/mol. The largest absolute Gasteiger partial charge is 0.322 e. The quantitative estimate of drug-likeness (QED) is 0.212. The van der Waals surface area contributed by atoms with E-state index in [1.807, 2.05) is 78.9 Å². The number of aromatic nitrogens is 1. The van der Waals surface area contributed by atoms with Crippen LogP contribution in [0.25, 0.3) is 10.2 Å². The van der Waals surface area contributed by atoms with E-state index in [9.17, 15) is 9.59 Å². The van der Waals surface area contributed by atoms with Gasteiger partial charge in [-0.05, 0) is 54.1 Å². The Morgan fingerprint density at radius 2 is 1.61 bits per heavy atom. The Hall–Kier alpha value is -3.65. The van der Waals surface area contributed by atoms with Crippen molar-refractivity contribution in [2.75, 3.05) is 10.6 Å². The summed E-state index contributed by atoms with van der Waals surface area (Å²) < 4.78 is 1.01. The molecule has 1 heterocycles. The molecule has 178 valence electrons. The molecule has 5 aromatic rings. The van der Waals surface area contributed by atoms with Gasteiger partial charge in [0.05, 0.1) is 10.2 Å². The second kappa shape index (κ2) is 11.0. The number of halogens is 1. The van der Waals surface area contributed by atoms with Gasteiger partial charge in [-0.15, -0.1) is 11.8 Å². The van der Waals surface area contributed by atoms with Gasteiger partial charge in [-0.2, -0.15) is 0 Å². The van der Waals surface area contributed by atoms with Gasteiger partial charge in [0, 0.05) is 21.2 Å². The standard InChI is InChI=1S/C28H20ClN3O2S2/c29-20-11-6-10-19(16-20)26(33)30-21-12-7-13-22(17-21)35-25(18-8-2-1-3-9-18)27(34)32-28-31-23-14-4-5-15-24(23)36-28/h1-17,25H,(H,30,33)(H,31,32,34). The van der Waals surface area contributed by atoms with Crippen molar-refractivity contribution in [3.63, 3.8) is 0 Å². The lowest BCUT2D eigenvalue weighted by Crippen LogP contribution is -2.19. The van der Waals surface area contributed by atoms with Crippen LogP contribution in [0.4, 0.5) is 10.8 Å². The fourth-order valence-electron chi connectivity index (χ4n) is 3.61. The number of thiazole rings is 1. The summed E-state index contributed by atoms with van der Waals surface area (Å²) >= 11 is 8.87. The number of fused-ring (bicyclic) bond motifs is 1. The molecular formula is C28H20ClN3O2S2. The number of carbonyl (C=O) groups is 2. The van der Waals surface area contributed by atoms with Gasteiger partial charge in [0.25, 0.3) is 5.91 Å². The lowest BCUT2D eigenvalue weighted by molar-refractivity contribution is -0.115. The molecular weight excluding hydrogens is 510 g/mol. The van der Waals surface area contributed by atoms with E-state index in [1.165, 1.54) is 23.1 Å². The van der Waals surface area contributed by atoms with Crippen LogP contribution in [-0.4, -0.2) is 16.8 Å². The first-order chi connectivity index (χ1) is 17.5. The SMILES string of the molecule is O=C(Nc1cccc(SC(C(=O)Nc2nc3ccccc3s2)c2ccccc2)c1)c1cccc(Cl)c1. The van der Waals surface area contributed by atoms with Crippen LogP contribution in [0.2, 0.25) is 5.02 Å². The van der Waals surface area contributed by atoms with Crippen LogP contribution < -0.4 is 10.6 Å². The van der Waals surface area contributed by atoms with E-state index in [0.717, 1.165) is 20.7 Å². The molecule has 4 aromatic carbocycles. The van der Waals surface area contributed by atoms with Crippen LogP contribution in [0.5, 0.6) is 0 Å². The number of para-hydroxylation sites is 1. The van der Waals surface area contributed by atoms with Crippen molar-refractivity contribution in [1.29, 1.82) is 0 Å². The average Bonchev–Trinajstić information content (AvgIpc) is 3.30. The van der Waals surface area contributed by atoms with Crippen LogP contribution in [0.15, 0.2) is 108 Å². The Labute approximate surface area is 221 Å². The first-order valence-corrected chi connectivity index (χ1v) is 13.2. The summed E-state index contributed by atoms with van der Waals surface area (Å²) in [7, 11) is 0. The van der Waals surface area contributed by atoms with Crippen LogP contribution in [0, 0.1) is 0 Å². The van der Waals surface area contributed by atoms with Crippen molar-refractivity contribution >= 4 is 67.5 Å². The lowest BCUT2D eigenvalue weighted by Gasteiger charge is -2.17. The van der Waals surface area contributed by atoms with E-state index < -0.39 is 5.25 Å². The van der Waals surface area contributed by atoms with Crippen molar-refractivity contribution < 1.29 is 9.59 Å². The van der Waals surface area contributed by atoms with E-state index in [0.29, 0.717) is 21.4 Å². The van der Waals surface area contributed by atoms with Crippen LogP contribution in [0.1, 0.15) is 21.2 Å². The number of thioether (sulfide) groups is 1. The van der Waals surface area contributed by atoms with Gasteiger partial charge in [0.1, 0.15) is 5.25 Å². The molecule has 8 heteroatoms. The first kappa shape index (κ1) is 24.1. The Morgan fingerprint density at radius 1 is 0.833 bits per heavy atom. The molecule has 1 aromatic heterocycles. The predicted octanol–water partition coefficient (Wildman–Crippen LogP) is 7.67. The van der Waals surface area contributed by atoms with Crippen LogP contribution >= 0.6 is 34.7 Å². The number of hydrogen-bond acceptors (Lipinski definition) is 5. The topological polar surface area (TPSA) is 71.1 Å². The number of hydrogen-bond donors (Lipinski definition) is 2. The number of benzene rings is 4. The smallest absolute Gasteiger partial charge is 0.255 e. The number of anilines is 2. The molecule has 0 aliphatic heterocycles. The minimum absolute atomic E-state index is 0.168. The highest BCUT2D eigenvalue weighted by Crippen LogP contribution is 2.38. The number of nitrogens with one attached hydrogen (secondary N) is 2. The molecule has 0 saturated heterocycles. The van der Waals surface area contributed by atoms with Crippen molar-refractivity contribution in [3.05, 3.63) is 119 Å². The molecule has 0 radical (unpaired) electrons. The Bertz CT molecular complexity index is 1510. The van der Waals surface area contributed by atoms with Gasteiger partial charge in [0.15, 0.2) is 5.13 Å². The maximum absolute atomic E-state index is 13.4. The molecule has 0 spiro atoms. The van der Waals surface area contributed by atoms with E-state index in [1.54, 1.807) is 24.3 Å². The van der Waals surface area contributed by atoms with E-state index in [4.69, 9.17) is 11.6 Å². The third-order valence-corrected chi connectivity index (χ3v) is 7.73. The molecule has 0 aliphatic rings. The Morgan fingerprint density at radius 3 is 2.42 bits per heavy atom. The highest BCUT2D eigenvalue weighted by molar-refractivity contribution is 8.00. The fraction of sp³-hybridized carbons (Fsp3) is 0.0357. The molecule has 2 N–H and O–H groups in total. The van der Waals surface area contributed by atoms with Crippen LogP contribution in [-0.2, 0) is 4.79 Å². The van der Waals surface area contributed by atoms with Gasteiger partial charge in [0.2, 0.25) is 5.91 Å². The number of carbonyl (C=O) groups excluding carboxylic acids is 2. The van der Waals surface area contributed by atoms with Gasteiger partial charge >= 0.3 is 0 Å². The van der Waals surface area contributed by atoms with Crippen molar-refractivity contribution in [2.24, 2.45) is 0 Å². The molecule has 1 atom stereocenters. The second-order valence-corrected chi connectivity index (χ2v) is 10.5. The molecule has 5 rings (SSSR count). The normalized spacial score (nSPS) is 11.7. The van der Waals surface area contributed by atoms with Gasteiger partial charge < -0.3 is 10.6 Å². The molecule has 5 nitrogen and oxygen atoms in total. The van der Waals surface area contributed by atoms with Crippen LogP contribution in [0.3, 0.4) is 0 Å². The summed E-state index contributed by atoms with van der Waals surface area (Å²) in [6.07, 6.45) is 0. The lowest BCUT2D eigenvalue weighted by atomic mass is 10.1. The summed E-state index contributed by atoms with van der Waals surface area (Å²) in [5.41, 5.74) is 2.82. The third-order valence-electron chi connectivity index (χ3n) is 5.30. The summed E-state index contributed by atoms with van der Waals surface area (Å²) in [5.74, 6) is -0.425. The molecule has 36 heavy (non-hydrogen) atoms. The zero-order valence-electron chi connectivity index (χ0n) is 18.9. The second-order valence-electron chi connectivity index (χ2n) is 7.88. The summed E-state index contributed by atoms with van der Waals surface area (Å²) in [5, 5.41) is 6.43. The number of rotatable bonds is 7. The third kappa shape index (κ3) is 5.76. The summed E-state index contributed by atoms with van der Waals surface area (Å²) in [6, 6.07) is 31.6. The molecule has 2 amide bonds. The number of amides is 2. The number of nitrogens with zero attached hydrogens (tertiary/aromatic N) is 1.